The summed E-state index contributed by atoms with van der Waals surface area (Å²) < 4.78 is 28.1. The van der Waals surface area contributed by atoms with E-state index in [2.05, 4.69) is 5.32 Å². The summed E-state index contributed by atoms with van der Waals surface area (Å²) in [5.41, 5.74) is 2.59. The monoisotopic (exact) mass is 516 g/mol. The van der Waals surface area contributed by atoms with Gasteiger partial charge < -0.3 is 10.4 Å². The summed E-state index contributed by atoms with van der Waals surface area (Å²) in [5, 5.41) is 12.0. The summed E-state index contributed by atoms with van der Waals surface area (Å²) in [6.07, 6.45) is 0.264. The highest BCUT2D eigenvalue weighted by molar-refractivity contribution is 8.02. The first-order chi connectivity index (χ1) is 16.4. The van der Waals surface area contributed by atoms with Gasteiger partial charge in [0, 0.05) is 23.9 Å². The third-order valence-corrected chi connectivity index (χ3v) is 9.22. The molecule has 1 heterocycles. The average molecular weight is 517 g/mol. The fourth-order valence-electron chi connectivity index (χ4n) is 3.93. The predicted octanol–water partition coefficient (Wildman–Crippen LogP) is 4.31. The predicted molar refractivity (Wildman–Crippen MR) is 136 cm³/mol. The van der Waals surface area contributed by atoms with Gasteiger partial charge in [0.15, 0.2) is 0 Å². The first kappa shape index (κ1) is 24.8. The molecule has 1 aliphatic heterocycles. The summed E-state index contributed by atoms with van der Waals surface area (Å²) in [7, 11) is -3.88. The van der Waals surface area contributed by atoms with Crippen molar-refractivity contribution in [3.05, 3.63) is 89.4 Å². The van der Waals surface area contributed by atoms with Crippen LogP contribution in [0.25, 0.3) is 11.1 Å². The van der Waals surface area contributed by atoms with Gasteiger partial charge in [0.2, 0.25) is 15.9 Å². The Morgan fingerprint density at radius 2 is 1.68 bits per heavy atom. The molecule has 0 aliphatic carbocycles. The molecule has 34 heavy (non-hydrogen) atoms. The molecule has 0 spiro atoms. The zero-order valence-corrected chi connectivity index (χ0v) is 20.7. The van der Waals surface area contributed by atoms with E-state index in [0.717, 1.165) is 11.1 Å². The average Bonchev–Trinajstić information content (AvgIpc) is 3.36. The van der Waals surface area contributed by atoms with Gasteiger partial charge in [-0.3, -0.25) is 4.79 Å². The normalized spacial score (nSPS) is 17.4. The number of benzene rings is 3. The van der Waals surface area contributed by atoms with Crippen molar-refractivity contribution >= 4 is 39.3 Å². The van der Waals surface area contributed by atoms with Crippen molar-refractivity contribution in [3.8, 4) is 11.1 Å². The highest BCUT2D eigenvalue weighted by Crippen LogP contribution is 2.32. The second-order valence-electron chi connectivity index (χ2n) is 7.82. The molecule has 4 rings (SSSR count). The molecular formula is C25H25ClN2O4S2. The molecular weight excluding hydrogens is 492 g/mol. The van der Waals surface area contributed by atoms with E-state index >= 15 is 0 Å². The van der Waals surface area contributed by atoms with E-state index in [0.29, 0.717) is 16.3 Å². The summed E-state index contributed by atoms with van der Waals surface area (Å²) in [6.45, 7) is 0.0893. The van der Waals surface area contributed by atoms with Crippen LogP contribution in [-0.4, -0.2) is 48.0 Å². The van der Waals surface area contributed by atoms with Gasteiger partial charge in [-0.2, -0.15) is 4.31 Å². The number of rotatable bonds is 8. The molecule has 1 saturated heterocycles. The highest BCUT2D eigenvalue weighted by atomic mass is 35.5. The van der Waals surface area contributed by atoms with Gasteiger partial charge in [-0.1, -0.05) is 72.3 Å². The van der Waals surface area contributed by atoms with Crippen molar-refractivity contribution in [2.45, 2.75) is 22.7 Å². The van der Waals surface area contributed by atoms with E-state index in [1.54, 1.807) is 48.5 Å². The number of aliphatic hydroxyl groups is 1. The van der Waals surface area contributed by atoms with E-state index in [1.165, 1.54) is 16.1 Å². The molecule has 1 amide bonds. The van der Waals surface area contributed by atoms with E-state index in [4.69, 9.17) is 11.6 Å². The topological polar surface area (TPSA) is 86.7 Å². The molecule has 1 fully saturated rings. The number of hydrogen-bond donors (Lipinski definition) is 2. The van der Waals surface area contributed by atoms with Crippen molar-refractivity contribution in [2.24, 2.45) is 0 Å². The maximum absolute atomic E-state index is 13.4. The van der Waals surface area contributed by atoms with Crippen LogP contribution in [0.5, 0.6) is 0 Å². The van der Waals surface area contributed by atoms with Crippen LogP contribution in [0.1, 0.15) is 18.0 Å². The Hall–Kier alpha value is -2.36. The van der Waals surface area contributed by atoms with Gasteiger partial charge in [0.05, 0.1) is 10.9 Å². The van der Waals surface area contributed by atoms with Crippen molar-refractivity contribution < 1.29 is 18.3 Å². The van der Waals surface area contributed by atoms with Crippen LogP contribution in [0.4, 0.5) is 0 Å². The third-order valence-electron chi connectivity index (χ3n) is 5.66. The lowest BCUT2D eigenvalue weighted by Gasteiger charge is -2.26. The van der Waals surface area contributed by atoms with Gasteiger partial charge >= 0.3 is 0 Å². The SMILES string of the molecule is O=C(NC(CCO)c1ccccc1Cl)C1SCCN1S(=O)(=O)c1ccc(-c2ccccc2)cc1. The Kier molecular flexibility index (Phi) is 7.95. The van der Waals surface area contributed by atoms with Crippen molar-refractivity contribution in [1.29, 1.82) is 0 Å². The molecule has 178 valence electrons. The first-order valence-corrected chi connectivity index (χ1v) is 13.7. The molecule has 3 aromatic carbocycles. The van der Waals surface area contributed by atoms with Gasteiger partial charge in [0.25, 0.3) is 0 Å². The maximum atomic E-state index is 13.4. The van der Waals surface area contributed by atoms with E-state index in [9.17, 15) is 18.3 Å². The Labute approximate surface area is 209 Å². The number of nitrogens with one attached hydrogen (secondary N) is 1. The van der Waals surface area contributed by atoms with Crippen LogP contribution in [0, 0.1) is 0 Å². The van der Waals surface area contributed by atoms with Crippen LogP contribution in [-0.2, 0) is 14.8 Å². The van der Waals surface area contributed by atoms with E-state index < -0.39 is 27.3 Å². The van der Waals surface area contributed by atoms with Crippen LogP contribution >= 0.6 is 23.4 Å². The largest absolute Gasteiger partial charge is 0.396 e. The molecule has 0 bridgehead atoms. The second-order valence-corrected chi connectivity index (χ2v) is 11.3. The lowest BCUT2D eigenvalue weighted by atomic mass is 10.0. The zero-order valence-electron chi connectivity index (χ0n) is 18.3. The zero-order chi connectivity index (χ0) is 24.1. The molecule has 3 aromatic rings. The van der Waals surface area contributed by atoms with E-state index in [1.807, 2.05) is 30.3 Å². The lowest BCUT2D eigenvalue weighted by Crippen LogP contribution is -2.45. The number of hydrogen-bond acceptors (Lipinski definition) is 5. The molecule has 2 N–H and O–H groups in total. The molecule has 0 saturated carbocycles. The number of thioether (sulfide) groups is 1. The number of amides is 1. The van der Waals surface area contributed by atoms with Crippen LogP contribution in [0.15, 0.2) is 83.8 Å². The minimum absolute atomic E-state index is 0.144. The number of aliphatic hydroxyl groups excluding tert-OH is 1. The molecule has 0 aromatic heterocycles. The summed E-state index contributed by atoms with van der Waals surface area (Å²) in [5.74, 6) is 0.0845. The number of halogens is 1. The number of carbonyl (C=O) groups excluding carboxylic acids is 1. The van der Waals surface area contributed by atoms with Crippen molar-refractivity contribution in [2.75, 3.05) is 18.9 Å². The summed E-state index contributed by atoms with van der Waals surface area (Å²) >= 11 is 7.57. The summed E-state index contributed by atoms with van der Waals surface area (Å²) in [4.78, 5) is 13.3. The third kappa shape index (κ3) is 5.31. The van der Waals surface area contributed by atoms with E-state index in [-0.39, 0.29) is 24.5 Å². The summed E-state index contributed by atoms with van der Waals surface area (Å²) in [6, 6.07) is 23.0. The Bertz CT molecular complexity index is 1240. The standard InChI is InChI=1S/C25H25ClN2O4S2/c26-22-9-5-4-8-21(22)23(14-16-29)27-24(30)25-28(15-17-33-25)34(31,32)20-12-10-19(11-13-20)18-6-2-1-3-7-18/h1-13,23,25,29H,14-17H2,(H,27,30). The Morgan fingerprint density at radius 1 is 1.03 bits per heavy atom. The molecule has 1 aliphatic rings. The van der Waals surface area contributed by atoms with Crippen LogP contribution < -0.4 is 5.32 Å². The maximum Gasteiger partial charge on any atom is 0.249 e. The van der Waals surface area contributed by atoms with Crippen LogP contribution in [0.3, 0.4) is 0 Å². The van der Waals surface area contributed by atoms with Gasteiger partial charge in [-0.15, -0.1) is 11.8 Å². The quantitative estimate of drug-likeness (QED) is 0.466. The molecule has 6 nitrogen and oxygen atoms in total. The van der Waals surface area contributed by atoms with Gasteiger partial charge in [0.1, 0.15) is 5.37 Å². The Morgan fingerprint density at radius 3 is 2.35 bits per heavy atom. The molecule has 0 radical (unpaired) electrons. The van der Waals surface area contributed by atoms with Crippen molar-refractivity contribution in [3.63, 3.8) is 0 Å². The molecule has 2 unspecified atom stereocenters. The van der Waals surface area contributed by atoms with Gasteiger partial charge in [-0.05, 0) is 41.3 Å². The lowest BCUT2D eigenvalue weighted by molar-refractivity contribution is -0.123. The Balaban J connectivity index is 1.53. The minimum Gasteiger partial charge on any atom is -0.396 e. The smallest absolute Gasteiger partial charge is 0.249 e. The second kappa shape index (κ2) is 10.9. The number of carbonyl (C=O) groups is 1. The molecule has 9 heteroatoms. The van der Waals surface area contributed by atoms with Crippen LogP contribution in [0.2, 0.25) is 5.02 Å². The van der Waals surface area contributed by atoms with Crippen molar-refractivity contribution in [1.82, 2.24) is 9.62 Å². The fourth-order valence-corrected chi connectivity index (χ4v) is 7.28. The number of sulfonamides is 1. The molecule has 2 atom stereocenters. The highest BCUT2D eigenvalue weighted by Gasteiger charge is 2.40. The fraction of sp³-hybridized carbons (Fsp3) is 0.240. The first-order valence-electron chi connectivity index (χ1n) is 10.9. The minimum atomic E-state index is -3.88. The van der Waals surface area contributed by atoms with Gasteiger partial charge in [-0.25, -0.2) is 8.42 Å². The number of nitrogens with zero attached hydrogens (tertiary/aromatic N) is 1.